The van der Waals surface area contributed by atoms with Crippen LogP contribution >= 0.6 is 0 Å². The van der Waals surface area contributed by atoms with Crippen LogP contribution in [-0.4, -0.2) is 24.9 Å². The van der Waals surface area contributed by atoms with Crippen LogP contribution in [0.4, 0.5) is 0 Å². The van der Waals surface area contributed by atoms with Crippen LogP contribution in [0.2, 0.25) is 0 Å². The summed E-state index contributed by atoms with van der Waals surface area (Å²) in [5.74, 6) is 0.918. The van der Waals surface area contributed by atoms with E-state index in [0.29, 0.717) is 11.8 Å². The maximum atomic E-state index is 11.3. The van der Waals surface area contributed by atoms with Crippen molar-refractivity contribution in [2.45, 2.75) is 20.8 Å². The van der Waals surface area contributed by atoms with Gasteiger partial charge in [-0.05, 0) is 24.8 Å². The summed E-state index contributed by atoms with van der Waals surface area (Å²) < 4.78 is 0. The molecule has 0 aliphatic rings. The van der Waals surface area contributed by atoms with E-state index >= 15 is 0 Å². The Bertz CT molecular complexity index is 226. The van der Waals surface area contributed by atoms with Crippen LogP contribution in [0.15, 0.2) is 24.3 Å². The van der Waals surface area contributed by atoms with Gasteiger partial charge >= 0.3 is 0 Å². The topological polar surface area (TPSA) is 20.3 Å². The highest BCUT2D eigenvalue weighted by molar-refractivity contribution is 5.87. The van der Waals surface area contributed by atoms with Crippen molar-refractivity contribution in [1.82, 2.24) is 4.90 Å². The molecule has 0 spiro atoms. The van der Waals surface area contributed by atoms with Gasteiger partial charge in [-0.3, -0.25) is 4.79 Å². The second kappa shape index (κ2) is 6.41. The van der Waals surface area contributed by atoms with E-state index in [-0.39, 0.29) is 5.91 Å². The predicted octanol–water partition coefficient (Wildman–Crippen LogP) is 2.48. The lowest BCUT2D eigenvalue weighted by atomic mass is 9.95. The monoisotopic (exact) mass is 195 g/mol. The molecule has 0 rings (SSSR count). The highest BCUT2D eigenvalue weighted by Crippen LogP contribution is 2.13. The van der Waals surface area contributed by atoms with E-state index in [1.165, 1.54) is 0 Å². The molecule has 2 heteroatoms. The number of hydrogen-bond donors (Lipinski definition) is 0. The molecule has 0 radical (unpaired) electrons. The summed E-state index contributed by atoms with van der Waals surface area (Å²) in [4.78, 5) is 12.9. The van der Waals surface area contributed by atoms with Gasteiger partial charge in [0.2, 0.25) is 5.91 Å². The van der Waals surface area contributed by atoms with Crippen molar-refractivity contribution in [2.75, 3.05) is 14.1 Å². The van der Waals surface area contributed by atoms with E-state index in [2.05, 4.69) is 19.9 Å². The first-order valence-corrected chi connectivity index (χ1v) is 5.01. The Hall–Kier alpha value is -1.05. The van der Waals surface area contributed by atoms with Gasteiger partial charge in [0.15, 0.2) is 0 Å². The molecule has 0 saturated carbocycles. The Balaban J connectivity index is 4.36. The maximum absolute atomic E-state index is 11.3. The van der Waals surface area contributed by atoms with Gasteiger partial charge in [-0.25, -0.2) is 0 Å². The average Bonchev–Trinajstić information content (AvgIpc) is 2.10. The average molecular weight is 195 g/mol. The molecule has 2 nitrogen and oxygen atoms in total. The van der Waals surface area contributed by atoms with Gasteiger partial charge < -0.3 is 4.90 Å². The Labute approximate surface area is 87.3 Å². The third kappa shape index (κ3) is 4.85. The lowest BCUT2D eigenvalue weighted by molar-refractivity contribution is -0.123. The van der Waals surface area contributed by atoms with E-state index in [9.17, 15) is 4.79 Å². The minimum Gasteiger partial charge on any atom is -0.345 e. The Morgan fingerprint density at radius 2 is 1.79 bits per heavy atom. The van der Waals surface area contributed by atoms with Crippen molar-refractivity contribution in [3.8, 4) is 0 Å². The molecule has 1 unspecified atom stereocenters. The van der Waals surface area contributed by atoms with Crippen LogP contribution in [0.25, 0.3) is 0 Å². The second-order valence-electron chi connectivity index (χ2n) is 3.94. The number of nitrogens with zero attached hydrogens (tertiary/aromatic N) is 1. The van der Waals surface area contributed by atoms with Crippen molar-refractivity contribution >= 4 is 5.91 Å². The van der Waals surface area contributed by atoms with Gasteiger partial charge in [0, 0.05) is 14.1 Å². The molecule has 0 aromatic heterocycles. The van der Waals surface area contributed by atoms with Crippen molar-refractivity contribution in [1.29, 1.82) is 0 Å². The van der Waals surface area contributed by atoms with E-state index in [4.69, 9.17) is 0 Å². The summed E-state index contributed by atoms with van der Waals surface area (Å²) in [5.41, 5.74) is 0. The summed E-state index contributed by atoms with van der Waals surface area (Å²) in [6.07, 6.45) is 7.75. The van der Waals surface area contributed by atoms with E-state index < -0.39 is 0 Å². The molecule has 0 aliphatic heterocycles. The number of carbonyl (C=O) groups excluding carboxylic acids is 1. The fourth-order valence-corrected chi connectivity index (χ4v) is 1.07. The highest BCUT2D eigenvalue weighted by atomic mass is 16.2. The fourth-order valence-electron chi connectivity index (χ4n) is 1.07. The van der Waals surface area contributed by atoms with E-state index in [1.54, 1.807) is 25.1 Å². The molecular formula is C12H21NO. The molecule has 0 saturated heterocycles. The van der Waals surface area contributed by atoms with E-state index in [1.807, 2.05) is 19.1 Å². The van der Waals surface area contributed by atoms with Crippen molar-refractivity contribution < 1.29 is 4.79 Å². The van der Waals surface area contributed by atoms with Crippen molar-refractivity contribution in [2.24, 2.45) is 11.8 Å². The van der Waals surface area contributed by atoms with Gasteiger partial charge in [-0.2, -0.15) is 0 Å². The summed E-state index contributed by atoms with van der Waals surface area (Å²) in [6, 6.07) is 0. The molecule has 0 aromatic rings. The number of amides is 1. The number of rotatable bonds is 4. The molecule has 14 heavy (non-hydrogen) atoms. The van der Waals surface area contributed by atoms with Crippen LogP contribution < -0.4 is 0 Å². The molecule has 0 fully saturated rings. The van der Waals surface area contributed by atoms with Gasteiger partial charge in [0.25, 0.3) is 0 Å². The normalized spacial score (nSPS) is 14.1. The maximum Gasteiger partial charge on any atom is 0.245 e. The minimum absolute atomic E-state index is 0.0418. The molecular weight excluding hydrogens is 174 g/mol. The highest BCUT2D eigenvalue weighted by Gasteiger charge is 2.06. The van der Waals surface area contributed by atoms with Gasteiger partial charge in [-0.1, -0.05) is 32.1 Å². The molecule has 80 valence electrons. The first-order valence-electron chi connectivity index (χ1n) is 5.01. The molecule has 0 bridgehead atoms. The van der Waals surface area contributed by atoms with Gasteiger partial charge in [0.1, 0.15) is 0 Å². The molecule has 0 aliphatic carbocycles. The Morgan fingerprint density at radius 1 is 1.21 bits per heavy atom. The van der Waals surface area contributed by atoms with Crippen molar-refractivity contribution in [3.63, 3.8) is 0 Å². The largest absolute Gasteiger partial charge is 0.345 e. The summed E-state index contributed by atoms with van der Waals surface area (Å²) in [5, 5.41) is 0. The first kappa shape index (κ1) is 12.9. The summed E-state index contributed by atoms with van der Waals surface area (Å²) >= 11 is 0. The number of allylic oxidation sites excluding steroid dienone is 3. The Kier molecular flexibility index (Phi) is 5.93. The zero-order chi connectivity index (χ0) is 11.1. The third-order valence-electron chi connectivity index (χ3n) is 2.09. The number of carbonyl (C=O) groups is 1. The molecule has 0 N–H and O–H groups in total. The summed E-state index contributed by atoms with van der Waals surface area (Å²) in [7, 11) is 3.51. The zero-order valence-corrected chi connectivity index (χ0v) is 9.82. The number of likely N-dealkylation sites (N-methyl/N-ethyl adjacent to an activating group) is 1. The minimum atomic E-state index is 0.0418. The van der Waals surface area contributed by atoms with Crippen LogP contribution in [0.3, 0.4) is 0 Å². The molecule has 1 atom stereocenters. The van der Waals surface area contributed by atoms with Gasteiger partial charge in [0.05, 0.1) is 0 Å². The molecule has 0 heterocycles. The third-order valence-corrected chi connectivity index (χ3v) is 2.09. The van der Waals surface area contributed by atoms with Gasteiger partial charge in [-0.15, -0.1) is 0 Å². The van der Waals surface area contributed by atoms with Crippen LogP contribution in [0.1, 0.15) is 20.8 Å². The molecule has 0 aromatic carbocycles. The fraction of sp³-hybridized carbons (Fsp3) is 0.583. The second-order valence-corrected chi connectivity index (χ2v) is 3.94. The standard InChI is InChI=1S/C12H21NO/c1-6-7-11(10(2)3)8-9-12(14)13(4)5/h6-11H,1-5H3/b7-6-,9-8?. The number of hydrogen-bond acceptors (Lipinski definition) is 1. The predicted molar refractivity (Wildman–Crippen MR) is 61.0 cm³/mol. The zero-order valence-electron chi connectivity index (χ0n) is 9.82. The van der Waals surface area contributed by atoms with Crippen LogP contribution in [-0.2, 0) is 4.79 Å². The first-order chi connectivity index (χ1) is 6.49. The lowest BCUT2D eigenvalue weighted by Crippen LogP contribution is -2.19. The SMILES string of the molecule is C/C=C\C(C=CC(=O)N(C)C)C(C)C. The van der Waals surface area contributed by atoms with Crippen molar-refractivity contribution in [3.05, 3.63) is 24.3 Å². The quantitative estimate of drug-likeness (QED) is 0.498. The van der Waals surface area contributed by atoms with Crippen LogP contribution in [0, 0.1) is 11.8 Å². The smallest absolute Gasteiger partial charge is 0.245 e. The van der Waals surface area contributed by atoms with Crippen LogP contribution in [0.5, 0.6) is 0 Å². The Morgan fingerprint density at radius 3 is 2.14 bits per heavy atom. The summed E-state index contributed by atoms with van der Waals surface area (Å²) in [6.45, 7) is 6.29. The van der Waals surface area contributed by atoms with E-state index in [0.717, 1.165) is 0 Å². The lowest BCUT2D eigenvalue weighted by Gasteiger charge is -2.12. The molecule has 1 amide bonds.